The van der Waals surface area contributed by atoms with Crippen molar-refractivity contribution in [3.8, 4) is 11.5 Å². The molecule has 0 saturated heterocycles. The summed E-state index contributed by atoms with van der Waals surface area (Å²) in [5, 5.41) is 1.69. The van der Waals surface area contributed by atoms with Crippen molar-refractivity contribution in [2.45, 2.75) is 25.8 Å². The van der Waals surface area contributed by atoms with E-state index in [2.05, 4.69) is 16.4 Å². The molecule has 1 aromatic rings. The zero-order chi connectivity index (χ0) is 14.7. The van der Waals surface area contributed by atoms with E-state index in [4.69, 9.17) is 0 Å². The van der Waals surface area contributed by atoms with Gasteiger partial charge in [-0.15, -0.1) is 5.54 Å². The summed E-state index contributed by atoms with van der Waals surface area (Å²) in [6.45, 7) is 6.11. The van der Waals surface area contributed by atoms with Crippen molar-refractivity contribution < 1.29 is 18.0 Å². The van der Waals surface area contributed by atoms with E-state index in [9.17, 15) is 18.0 Å². The molecule has 7 heteroatoms. The van der Waals surface area contributed by atoms with E-state index in [0.717, 1.165) is 0 Å². The molecule has 102 valence electrons. The lowest BCUT2D eigenvalue weighted by Gasteiger charge is -2.07. The van der Waals surface area contributed by atoms with Crippen LogP contribution < -0.4 is 5.32 Å². The quantitative estimate of drug-likeness (QED) is 0.637. The number of aromatic nitrogens is 1. The minimum absolute atomic E-state index is 0.162. The number of halogens is 3. The van der Waals surface area contributed by atoms with E-state index in [-0.39, 0.29) is 5.82 Å². The first kappa shape index (κ1) is 15.2. The van der Waals surface area contributed by atoms with Crippen LogP contribution in [0.15, 0.2) is 18.2 Å². The molecule has 0 unspecified atom stereocenters. The molecule has 0 fully saturated rings. The van der Waals surface area contributed by atoms with E-state index in [1.807, 2.05) is 19.6 Å². The second kappa shape index (κ2) is 5.44. The molecule has 1 amide bonds. The Balaban J connectivity index is 2.89. The van der Waals surface area contributed by atoms with Gasteiger partial charge in [-0.1, -0.05) is 31.6 Å². The molecule has 0 aliphatic carbocycles. The Kier molecular flexibility index (Phi) is 4.37. The van der Waals surface area contributed by atoms with Crippen LogP contribution in [0.25, 0.3) is 0 Å². The van der Waals surface area contributed by atoms with Crippen molar-refractivity contribution >= 4 is 19.8 Å². The third-order valence-corrected chi connectivity index (χ3v) is 2.69. The number of pyridine rings is 1. The normalized spacial score (nSPS) is 11.5. The summed E-state index contributed by atoms with van der Waals surface area (Å²) in [4.78, 5) is 14.6. The Morgan fingerprint density at radius 3 is 2.47 bits per heavy atom. The molecule has 3 nitrogen and oxygen atoms in total. The maximum Gasteiger partial charge on any atom is 0.471 e. The molecule has 0 saturated carbocycles. The molecule has 1 aromatic heterocycles. The van der Waals surface area contributed by atoms with E-state index in [0.29, 0.717) is 5.69 Å². The molecule has 0 radical (unpaired) electrons. The average molecular weight is 286 g/mol. The molecule has 0 aliphatic heterocycles. The van der Waals surface area contributed by atoms with Gasteiger partial charge < -0.3 is 5.32 Å². The van der Waals surface area contributed by atoms with Crippen LogP contribution in [-0.2, 0) is 4.79 Å². The second-order valence-corrected chi connectivity index (χ2v) is 9.61. The Bertz CT molecular complexity index is 538. The topological polar surface area (TPSA) is 42.0 Å². The SMILES string of the molecule is C[Si](C)(C)C#Cc1cccc(NC(=O)C(F)(F)F)n1. The molecule has 19 heavy (non-hydrogen) atoms. The maximum atomic E-state index is 12.1. The van der Waals surface area contributed by atoms with Gasteiger partial charge in [0, 0.05) is 0 Å². The van der Waals surface area contributed by atoms with Gasteiger partial charge in [0.15, 0.2) is 0 Å². The van der Waals surface area contributed by atoms with Crippen LogP contribution in [0, 0.1) is 11.5 Å². The van der Waals surface area contributed by atoms with Crippen LogP contribution in [-0.4, -0.2) is 25.1 Å². The lowest BCUT2D eigenvalue weighted by molar-refractivity contribution is -0.167. The van der Waals surface area contributed by atoms with Gasteiger partial charge in [-0.2, -0.15) is 13.2 Å². The van der Waals surface area contributed by atoms with Crippen molar-refractivity contribution in [3.05, 3.63) is 23.9 Å². The smallest absolute Gasteiger partial charge is 0.303 e. The lowest BCUT2D eigenvalue weighted by atomic mass is 10.3. The highest BCUT2D eigenvalue weighted by Gasteiger charge is 2.38. The first-order chi connectivity index (χ1) is 8.58. The fraction of sp³-hybridized carbons (Fsp3) is 0.333. The number of hydrogen-bond donors (Lipinski definition) is 1. The van der Waals surface area contributed by atoms with Gasteiger partial charge >= 0.3 is 12.1 Å². The van der Waals surface area contributed by atoms with Crippen molar-refractivity contribution in [2.24, 2.45) is 0 Å². The molecule has 0 atom stereocenters. The van der Waals surface area contributed by atoms with Gasteiger partial charge in [0.2, 0.25) is 0 Å². The van der Waals surface area contributed by atoms with Crippen LogP contribution in [0.3, 0.4) is 0 Å². The highest BCUT2D eigenvalue weighted by atomic mass is 28.3. The molecule has 0 bridgehead atoms. The van der Waals surface area contributed by atoms with Crippen LogP contribution in [0.4, 0.5) is 19.0 Å². The third kappa shape index (κ3) is 5.57. The summed E-state index contributed by atoms with van der Waals surface area (Å²) < 4.78 is 36.2. The Hall–Kier alpha value is -1.81. The summed E-state index contributed by atoms with van der Waals surface area (Å²) in [7, 11) is -1.59. The van der Waals surface area contributed by atoms with Crippen molar-refractivity contribution in [1.29, 1.82) is 0 Å². The van der Waals surface area contributed by atoms with E-state index in [1.165, 1.54) is 12.1 Å². The monoisotopic (exact) mass is 286 g/mol. The zero-order valence-electron chi connectivity index (χ0n) is 10.7. The van der Waals surface area contributed by atoms with Crippen LogP contribution in [0.2, 0.25) is 19.6 Å². The zero-order valence-corrected chi connectivity index (χ0v) is 11.7. The maximum absolute atomic E-state index is 12.1. The molecular weight excluding hydrogens is 273 g/mol. The first-order valence-corrected chi connectivity index (χ1v) is 8.96. The summed E-state index contributed by atoms with van der Waals surface area (Å²) in [6.07, 6.45) is -4.93. The second-order valence-electron chi connectivity index (χ2n) is 4.86. The number of carbonyl (C=O) groups is 1. The molecule has 0 spiro atoms. The van der Waals surface area contributed by atoms with E-state index in [1.54, 1.807) is 11.4 Å². The third-order valence-electron chi connectivity index (χ3n) is 1.81. The highest BCUT2D eigenvalue weighted by Crippen LogP contribution is 2.17. The number of nitrogens with zero attached hydrogens (tertiary/aromatic N) is 1. The fourth-order valence-electron chi connectivity index (χ4n) is 1.01. The van der Waals surface area contributed by atoms with Crippen LogP contribution >= 0.6 is 0 Å². The highest BCUT2D eigenvalue weighted by molar-refractivity contribution is 6.83. The molecule has 0 aliphatic rings. The van der Waals surface area contributed by atoms with Crippen LogP contribution in [0.5, 0.6) is 0 Å². The summed E-state index contributed by atoms with van der Waals surface area (Å²) in [5.41, 5.74) is 3.38. The first-order valence-electron chi connectivity index (χ1n) is 5.46. The largest absolute Gasteiger partial charge is 0.471 e. The number of nitrogens with one attached hydrogen (secondary N) is 1. The van der Waals surface area contributed by atoms with E-state index >= 15 is 0 Å². The number of hydrogen-bond acceptors (Lipinski definition) is 2. The standard InChI is InChI=1S/C12H13F3N2OSi/c1-19(2,3)8-7-9-5-4-6-10(16-9)17-11(18)12(13,14)15/h4-6H,1-3H3,(H,16,17,18). The molecular formula is C12H13F3N2OSi. The molecule has 1 N–H and O–H groups in total. The minimum Gasteiger partial charge on any atom is -0.303 e. The van der Waals surface area contributed by atoms with Crippen molar-refractivity contribution in [1.82, 2.24) is 4.98 Å². The fourth-order valence-corrected chi connectivity index (χ4v) is 1.52. The number of rotatable bonds is 1. The summed E-state index contributed by atoms with van der Waals surface area (Å²) >= 11 is 0. The van der Waals surface area contributed by atoms with Gasteiger partial charge in [-0.3, -0.25) is 4.79 Å². The van der Waals surface area contributed by atoms with Crippen molar-refractivity contribution in [2.75, 3.05) is 5.32 Å². The van der Waals surface area contributed by atoms with Gasteiger partial charge in [-0.05, 0) is 12.1 Å². The van der Waals surface area contributed by atoms with Gasteiger partial charge in [0.05, 0.1) is 0 Å². The van der Waals surface area contributed by atoms with Gasteiger partial charge in [0.1, 0.15) is 19.6 Å². The van der Waals surface area contributed by atoms with E-state index < -0.39 is 20.2 Å². The predicted molar refractivity (Wildman–Crippen MR) is 69.1 cm³/mol. The number of amides is 1. The average Bonchev–Trinajstić information content (AvgIpc) is 2.25. The molecule has 0 aromatic carbocycles. The lowest BCUT2D eigenvalue weighted by Crippen LogP contribution is -2.30. The Labute approximate surface area is 110 Å². The van der Waals surface area contributed by atoms with Gasteiger partial charge in [0.25, 0.3) is 0 Å². The number of anilines is 1. The Morgan fingerprint density at radius 1 is 1.32 bits per heavy atom. The van der Waals surface area contributed by atoms with Crippen molar-refractivity contribution in [3.63, 3.8) is 0 Å². The number of alkyl halides is 3. The summed E-state index contributed by atoms with van der Waals surface area (Å²) in [5.74, 6) is 0.597. The van der Waals surface area contributed by atoms with Gasteiger partial charge in [-0.25, -0.2) is 4.98 Å². The summed E-state index contributed by atoms with van der Waals surface area (Å²) in [6, 6.07) is 4.35. The van der Waals surface area contributed by atoms with Crippen LogP contribution in [0.1, 0.15) is 5.69 Å². The molecule has 1 heterocycles. The number of carbonyl (C=O) groups excluding carboxylic acids is 1. The molecule has 1 rings (SSSR count). The predicted octanol–water partition coefficient (Wildman–Crippen LogP) is 2.81. The Morgan fingerprint density at radius 2 is 1.95 bits per heavy atom. The minimum atomic E-state index is -4.93.